The van der Waals surface area contributed by atoms with Gasteiger partial charge in [-0.2, -0.15) is 0 Å². The summed E-state index contributed by atoms with van der Waals surface area (Å²) in [4.78, 5) is 12.4. The number of fused-ring (bicyclic) bond motifs is 1. The molecule has 0 saturated carbocycles. The van der Waals surface area contributed by atoms with Crippen LogP contribution < -0.4 is 10.6 Å². The maximum atomic E-state index is 12.4. The Bertz CT molecular complexity index is 419. The molecule has 0 radical (unpaired) electrons. The van der Waals surface area contributed by atoms with E-state index in [0.717, 1.165) is 31.4 Å². The van der Waals surface area contributed by atoms with Crippen molar-refractivity contribution in [2.45, 2.75) is 64.5 Å². The summed E-state index contributed by atoms with van der Waals surface area (Å²) in [7, 11) is 0. The van der Waals surface area contributed by atoms with Crippen LogP contribution in [0.5, 0.6) is 0 Å². The molecule has 1 aliphatic rings. The van der Waals surface area contributed by atoms with Crippen molar-refractivity contribution in [2.24, 2.45) is 0 Å². The van der Waals surface area contributed by atoms with Crippen molar-refractivity contribution in [1.29, 1.82) is 0 Å². The Morgan fingerprint density at radius 2 is 2.10 bits per heavy atom. The normalized spacial score (nSPS) is 18.2. The molecule has 2 N–H and O–H groups in total. The molecule has 1 aliphatic heterocycles. The number of carbonyl (C=O) groups is 1. The fourth-order valence-electron chi connectivity index (χ4n) is 2.85. The van der Waals surface area contributed by atoms with E-state index in [1.165, 1.54) is 18.4 Å². The van der Waals surface area contributed by atoms with Crippen LogP contribution in [0.25, 0.3) is 0 Å². The van der Waals surface area contributed by atoms with E-state index >= 15 is 0 Å². The van der Waals surface area contributed by atoms with Crippen molar-refractivity contribution in [3.63, 3.8) is 0 Å². The maximum Gasteiger partial charge on any atom is 0.243 e. The van der Waals surface area contributed by atoms with Crippen LogP contribution in [0.15, 0.2) is 24.3 Å². The molecule has 1 aromatic rings. The topological polar surface area (TPSA) is 41.1 Å². The highest BCUT2D eigenvalue weighted by Crippen LogP contribution is 2.25. The lowest BCUT2D eigenvalue weighted by Gasteiger charge is -2.20. The van der Waals surface area contributed by atoms with E-state index in [-0.39, 0.29) is 11.9 Å². The molecule has 0 bridgehead atoms. The lowest BCUT2D eigenvalue weighted by molar-refractivity contribution is -0.122. The van der Waals surface area contributed by atoms with Gasteiger partial charge in [-0.1, -0.05) is 51.3 Å². The molecule has 1 amide bonds. The maximum absolute atomic E-state index is 12.4. The highest BCUT2D eigenvalue weighted by Gasteiger charge is 2.27. The summed E-state index contributed by atoms with van der Waals surface area (Å²) < 4.78 is 0. The van der Waals surface area contributed by atoms with Crippen LogP contribution >= 0.6 is 0 Å². The zero-order valence-electron chi connectivity index (χ0n) is 12.6. The van der Waals surface area contributed by atoms with E-state index in [1.54, 1.807) is 0 Å². The fourth-order valence-corrected chi connectivity index (χ4v) is 2.85. The molecule has 3 nitrogen and oxygen atoms in total. The summed E-state index contributed by atoms with van der Waals surface area (Å²) in [5, 5.41) is 6.55. The van der Waals surface area contributed by atoms with Crippen molar-refractivity contribution in [1.82, 2.24) is 5.32 Å². The average Bonchev–Trinajstić information content (AvgIpc) is 2.89. The first-order valence-corrected chi connectivity index (χ1v) is 7.89. The van der Waals surface area contributed by atoms with Crippen LogP contribution in [0.2, 0.25) is 0 Å². The minimum atomic E-state index is -0.103. The predicted octanol–water partition coefficient (Wildman–Crippen LogP) is 3.50. The molecule has 0 saturated heterocycles. The minimum Gasteiger partial charge on any atom is -0.373 e. The zero-order chi connectivity index (χ0) is 14.4. The molecule has 2 unspecified atom stereocenters. The molecule has 1 aromatic carbocycles. The van der Waals surface area contributed by atoms with Gasteiger partial charge in [0.2, 0.25) is 5.91 Å². The van der Waals surface area contributed by atoms with Crippen LogP contribution in [0.3, 0.4) is 0 Å². The standard InChI is InChI=1S/C17H26N2O/c1-3-5-10-14(8-4-2)18-17(20)16-12-13-9-6-7-11-15(13)19-16/h6-7,9,11,14,16,19H,3-5,8,10,12H2,1-2H3,(H,18,20). The number of rotatable bonds is 7. The number of carbonyl (C=O) groups excluding carboxylic acids is 1. The van der Waals surface area contributed by atoms with Gasteiger partial charge >= 0.3 is 0 Å². The van der Waals surface area contributed by atoms with E-state index in [2.05, 4.69) is 30.5 Å². The van der Waals surface area contributed by atoms with Crippen molar-refractivity contribution in [3.8, 4) is 0 Å². The van der Waals surface area contributed by atoms with Gasteiger partial charge in [-0.15, -0.1) is 0 Å². The molecule has 110 valence electrons. The smallest absolute Gasteiger partial charge is 0.243 e. The van der Waals surface area contributed by atoms with Gasteiger partial charge in [0, 0.05) is 18.2 Å². The number of para-hydroxylation sites is 1. The lowest BCUT2D eigenvalue weighted by Crippen LogP contribution is -2.43. The molecular weight excluding hydrogens is 248 g/mol. The van der Waals surface area contributed by atoms with E-state index in [9.17, 15) is 4.79 Å². The molecule has 0 aliphatic carbocycles. The van der Waals surface area contributed by atoms with Crippen LogP contribution in [0.4, 0.5) is 5.69 Å². The van der Waals surface area contributed by atoms with Crippen molar-refractivity contribution in [2.75, 3.05) is 5.32 Å². The summed E-state index contributed by atoms with van der Waals surface area (Å²) in [6.07, 6.45) is 6.45. The highest BCUT2D eigenvalue weighted by molar-refractivity contribution is 5.87. The van der Waals surface area contributed by atoms with Crippen molar-refractivity contribution >= 4 is 11.6 Å². The third-order valence-corrected chi connectivity index (χ3v) is 3.98. The third-order valence-electron chi connectivity index (χ3n) is 3.98. The summed E-state index contributed by atoms with van der Waals surface area (Å²) in [5.74, 6) is 0.149. The Morgan fingerprint density at radius 1 is 1.30 bits per heavy atom. The lowest BCUT2D eigenvalue weighted by atomic mass is 10.0. The van der Waals surface area contributed by atoms with Crippen LogP contribution in [0, 0.1) is 0 Å². The largest absolute Gasteiger partial charge is 0.373 e. The Morgan fingerprint density at radius 3 is 2.80 bits per heavy atom. The zero-order valence-corrected chi connectivity index (χ0v) is 12.6. The van der Waals surface area contributed by atoms with Crippen LogP contribution in [0.1, 0.15) is 51.5 Å². The molecular formula is C17H26N2O. The predicted molar refractivity (Wildman–Crippen MR) is 83.9 cm³/mol. The van der Waals surface area contributed by atoms with Crippen molar-refractivity contribution < 1.29 is 4.79 Å². The van der Waals surface area contributed by atoms with Gasteiger partial charge in [-0.25, -0.2) is 0 Å². The molecule has 3 heteroatoms. The monoisotopic (exact) mass is 274 g/mol. The van der Waals surface area contributed by atoms with Gasteiger partial charge < -0.3 is 10.6 Å². The second-order valence-corrected chi connectivity index (χ2v) is 5.69. The molecule has 0 fully saturated rings. The summed E-state index contributed by atoms with van der Waals surface area (Å²) in [5.41, 5.74) is 2.35. The first-order valence-electron chi connectivity index (χ1n) is 7.89. The first kappa shape index (κ1) is 14.9. The molecule has 2 rings (SSSR count). The third kappa shape index (κ3) is 3.75. The Labute approximate surface area is 122 Å². The van der Waals surface area contributed by atoms with E-state index < -0.39 is 0 Å². The van der Waals surface area contributed by atoms with Gasteiger partial charge in [-0.3, -0.25) is 4.79 Å². The summed E-state index contributed by atoms with van der Waals surface area (Å²) in [6.45, 7) is 4.37. The summed E-state index contributed by atoms with van der Waals surface area (Å²) >= 11 is 0. The van der Waals surface area contributed by atoms with E-state index in [4.69, 9.17) is 0 Å². The van der Waals surface area contributed by atoms with Crippen LogP contribution in [-0.4, -0.2) is 18.0 Å². The summed E-state index contributed by atoms with van der Waals surface area (Å²) in [6, 6.07) is 8.40. The number of benzene rings is 1. The van der Waals surface area contributed by atoms with Gasteiger partial charge in [0.05, 0.1) is 0 Å². The first-order chi connectivity index (χ1) is 9.74. The number of anilines is 1. The second-order valence-electron chi connectivity index (χ2n) is 5.69. The average molecular weight is 274 g/mol. The number of amides is 1. The van der Waals surface area contributed by atoms with E-state index in [1.807, 2.05) is 18.2 Å². The molecule has 0 spiro atoms. The van der Waals surface area contributed by atoms with Gasteiger partial charge in [0.1, 0.15) is 6.04 Å². The van der Waals surface area contributed by atoms with Crippen molar-refractivity contribution in [3.05, 3.63) is 29.8 Å². The Hall–Kier alpha value is -1.51. The second kappa shape index (κ2) is 7.32. The Kier molecular flexibility index (Phi) is 5.45. The molecule has 2 atom stereocenters. The van der Waals surface area contributed by atoms with Gasteiger partial charge in [0.25, 0.3) is 0 Å². The fraction of sp³-hybridized carbons (Fsp3) is 0.588. The Balaban J connectivity index is 1.88. The molecule has 1 heterocycles. The number of nitrogens with one attached hydrogen (secondary N) is 2. The van der Waals surface area contributed by atoms with Gasteiger partial charge in [0.15, 0.2) is 0 Å². The van der Waals surface area contributed by atoms with Gasteiger partial charge in [-0.05, 0) is 24.5 Å². The minimum absolute atomic E-state index is 0.103. The number of hydrogen-bond acceptors (Lipinski definition) is 2. The SMILES string of the molecule is CCCCC(CCC)NC(=O)C1Cc2ccccc2N1. The number of hydrogen-bond donors (Lipinski definition) is 2. The highest BCUT2D eigenvalue weighted by atomic mass is 16.2. The van der Waals surface area contributed by atoms with E-state index in [0.29, 0.717) is 6.04 Å². The van der Waals surface area contributed by atoms with Crippen LogP contribution in [-0.2, 0) is 11.2 Å². The molecule has 0 aromatic heterocycles. The number of unbranched alkanes of at least 4 members (excludes halogenated alkanes) is 1. The quantitative estimate of drug-likeness (QED) is 0.799. The molecule has 20 heavy (non-hydrogen) atoms.